The van der Waals surface area contributed by atoms with Crippen LogP contribution in [0.1, 0.15) is 24.4 Å². The lowest BCUT2D eigenvalue weighted by Gasteiger charge is -2.30. The van der Waals surface area contributed by atoms with Gasteiger partial charge in [-0.25, -0.2) is 8.42 Å². The number of nitrogens with one attached hydrogen (secondary N) is 2. The number of H-pyrrole nitrogens is 1. The number of aromatic amines is 1. The molecule has 1 saturated heterocycles. The molecule has 9 heteroatoms. The van der Waals surface area contributed by atoms with Gasteiger partial charge in [-0.15, -0.1) is 0 Å². The number of piperidine rings is 1. The Labute approximate surface area is 173 Å². The van der Waals surface area contributed by atoms with Crippen LogP contribution in [0.4, 0.5) is 0 Å². The van der Waals surface area contributed by atoms with Crippen molar-refractivity contribution >= 4 is 26.8 Å². The molecule has 4 rings (SSSR count). The molecule has 8 nitrogen and oxygen atoms in total. The Morgan fingerprint density at radius 2 is 1.93 bits per heavy atom. The Bertz CT molecular complexity index is 1240. The molecule has 0 saturated carbocycles. The van der Waals surface area contributed by atoms with Gasteiger partial charge in [-0.3, -0.25) is 9.59 Å². The van der Waals surface area contributed by atoms with E-state index >= 15 is 0 Å². The summed E-state index contributed by atoms with van der Waals surface area (Å²) >= 11 is 0. The molecule has 1 aliphatic rings. The molecule has 0 atom stereocenters. The van der Waals surface area contributed by atoms with Gasteiger partial charge in [0.05, 0.1) is 11.4 Å². The van der Waals surface area contributed by atoms with Gasteiger partial charge >= 0.3 is 0 Å². The number of fused-ring (bicyclic) bond motifs is 1. The van der Waals surface area contributed by atoms with E-state index in [1.54, 1.807) is 18.2 Å². The van der Waals surface area contributed by atoms with Gasteiger partial charge in [0.15, 0.2) is 0 Å². The van der Waals surface area contributed by atoms with Gasteiger partial charge < -0.3 is 14.7 Å². The summed E-state index contributed by atoms with van der Waals surface area (Å²) in [5.74, 6) is 1.17. The highest BCUT2D eigenvalue weighted by atomic mass is 32.2. The number of carbonyl (C=O) groups excluding carboxylic acids is 1. The summed E-state index contributed by atoms with van der Waals surface area (Å²) in [6.07, 6.45) is 0.923. The number of sulfonamides is 1. The van der Waals surface area contributed by atoms with Gasteiger partial charge in [-0.1, -0.05) is 0 Å². The zero-order chi connectivity index (χ0) is 21.3. The van der Waals surface area contributed by atoms with E-state index in [1.165, 1.54) is 16.4 Å². The molecule has 30 heavy (non-hydrogen) atoms. The highest BCUT2D eigenvalue weighted by Crippen LogP contribution is 2.25. The monoisotopic (exact) mass is 429 g/mol. The van der Waals surface area contributed by atoms with E-state index in [9.17, 15) is 18.0 Å². The predicted molar refractivity (Wildman–Crippen MR) is 111 cm³/mol. The van der Waals surface area contributed by atoms with Gasteiger partial charge in [0.2, 0.25) is 21.5 Å². The minimum absolute atomic E-state index is 0.0873. The molecule has 0 unspecified atom stereocenters. The second-order valence-electron chi connectivity index (χ2n) is 7.48. The minimum atomic E-state index is -3.67. The molecule has 0 bridgehead atoms. The molecule has 1 amide bonds. The Balaban J connectivity index is 1.39. The lowest BCUT2D eigenvalue weighted by Crippen LogP contribution is -2.42. The zero-order valence-corrected chi connectivity index (χ0v) is 17.4. The topological polar surface area (TPSA) is 112 Å². The van der Waals surface area contributed by atoms with Crippen LogP contribution in [0.5, 0.6) is 0 Å². The third-order valence-corrected chi connectivity index (χ3v) is 7.29. The molecular formula is C21H23N3O5S. The first-order valence-corrected chi connectivity index (χ1v) is 11.2. The van der Waals surface area contributed by atoms with Crippen LogP contribution in [0.2, 0.25) is 0 Å². The van der Waals surface area contributed by atoms with Crippen molar-refractivity contribution in [3.05, 3.63) is 64.3 Å². The van der Waals surface area contributed by atoms with E-state index < -0.39 is 10.0 Å². The molecule has 2 N–H and O–H groups in total. The van der Waals surface area contributed by atoms with Crippen molar-refractivity contribution in [2.75, 3.05) is 13.1 Å². The third kappa shape index (κ3) is 4.17. The summed E-state index contributed by atoms with van der Waals surface area (Å²) < 4.78 is 32.9. The Kier molecular flexibility index (Phi) is 5.48. The maximum atomic E-state index is 13.0. The second kappa shape index (κ2) is 8.08. The number of nitrogens with zero attached hydrogens (tertiary/aromatic N) is 1. The number of pyridine rings is 1. The van der Waals surface area contributed by atoms with E-state index in [1.807, 2.05) is 19.1 Å². The smallest absolute Gasteiger partial charge is 0.248 e. The highest BCUT2D eigenvalue weighted by molar-refractivity contribution is 7.89. The fourth-order valence-electron chi connectivity index (χ4n) is 3.70. The number of furan rings is 1. The molecule has 0 aliphatic carbocycles. The van der Waals surface area contributed by atoms with Crippen molar-refractivity contribution in [1.29, 1.82) is 0 Å². The average molecular weight is 429 g/mol. The molecule has 1 aromatic carbocycles. The van der Waals surface area contributed by atoms with Crippen LogP contribution < -0.4 is 10.9 Å². The number of carbonyl (C=O) groups is 1. The lowest BCUT2D eigenvalue weighted by molar-refractivity contribution is -0.126. The molecule has 3 aromatic rings. The van der Waals surface area contributed by atoms with E-state index in [0.29, 0.717) is 36.0 Å². The fourth-order valence-corrected chi connectivity index (χ4v) is 5.20. The largest absolute Gasteiger partial charge is 0.465 e. The van der Waals surface area contributed by atoms with Crippen molar-refractivity contribution in [2.45, 2.75) is 31.2 Å². The second-order valence-corrected chi connectivity index (χ2v) is 9.42. The van der Waals surface area contributed by atoms with E-state index in [2.05, 4.69) is 10.3 Å². The quantitative estimate of drug-likeness (QED) is 0.645. The normalized spacial score (nSPS) is 16.0. The molecule has 0 spiro atoms. The number of benzene rings is 1. The number of amides is 1. The van der Waals surface area contributed by atoms with Crippen molar-refractivity contribution in [1.82, 2.24) is 14.6 Å². The van der Waals surface area contributed by atoms with E-state index in [0.717, 1.165) is 5.76 Å². The maximum absolute atomic E-state index is 13.0. The maximum Gasteiger partial charge on any atom is 0.248 e. The standard InChI is InChI=1S/C21H23N3O5S/c1-14-2-4-17(29-14)13-22-21(26)15-8-10-24(11-9-15)30(27,28)18-5-6-19-16(12-18)3-7-20(25)23-19/h2-7,12,15H,8-11,13H2,1H3,(H,22,26)(H,23,25). The zero-order valence-electron chi connectivity index (χ0n) is 16.6. The molecule has 2 aromatic heterocycles. The first-order chi connectivity index (χ1) is 14.3. The molecule has 158 valence electrons. The fraction of sp³-hybridized carbons (Fsp3) is 0.333. The first-order valence-electron chi connectivity index (χ1n) is 9.79. The van der Waals surface area contributed by atoms with Crippen LogP contribution in [0.15, 0.2) is 56.6 Å². The SMILES string of the molecule is Cc1ccc(CNC(=O)C2CCN(S(=O)(=O)c3ccc4[nH]c(=O)ccc4c3)CC2)o1. The first kappa shape index (κ1) is 20.4. The van der Waals surface area contributed by atoms with Crippen LogP contribution in [-0.4, -0.2) is 36.7 Å². The minimum Gasteiger partial charge on any atom is -0.465 e. The Hall–Kier alpha value is -2.91. The molecule has 0 radical (unpaired) electrons. The summed E-state index contributed by atoms with van der Waals surface area (Å²) in [5, 5.41) is 3.51. The van der Waals surface area contributed by atoms with Crippen molar-refractivity contribution in [3.63, 3.8) is 0 Å². The van der Waals surface area contributed by atoms with Crippen LogP contribution in [0, 0.1) is 12.8 Å². The number of rotatable bonds is 5. The summed E-state index contributed by atoms with van der Waals surface area (Å²) in [4.78, 5) is 26.7. The van der Waals surface area contributed by atoms with Crippen LogP contribution in [0.3, 0.4) is 0 Å². The summed E-state index contributed by atoms with van der Waals surface area (Å²) in [7, 11) is -3.67. The van der Waals surface area contributed by atoms with Crippen LogP contribution in [-0.2, 0) is 21.4 Å². The summed E-state index contributed by atoms with van der Waals surface area (Å²) in [6, 6.07) is 11.3. The average Bonchev–Trinajstić information content (AvgIpc) is 3.16. The number of hydrogen-bond donors (Lipinski definition) is 2. The summed E-state index contributed by atoms with van der Waals surface area (Å²) in [6.45, 7) is 2.73. The van der Waals surface area contributed by atoms with Gasteiger partial charge in [0.25, 0.3) is 0 Å². The van der Waals surface area contributed by atoms with Crippen LogP contribution >= 0.6 is 0 Å². The molecular weight excluding hydrogens is 406 g/mol. The van der Waals surface area contributed by atoms with Crippen molar-refractivity contribution in [3.8, 4) is 0 Å². The van der Waals surface area contributed by atoms with E-state index in [-0.39, 0.29) is 35.4 Å². The number of hydrogen-bond acceptors (Lipinski definition) is 5. The summed E-state index contributed by atoms with van der Waals surface area (Å²) in [5.41, 5.74) is 0.351. The van der Waals surface area contributed by atoms with Gasteiger partial charge in [0.1, 0.15) is 11.5 Å². The van der Waals surface area contributed by atoms with Crippen molar-refractivity contribution < 1.29 is 17.6 Å². The molecule has 1 aliphatic heterocycles. The Morgan fingerprint density at radius 3 is 2.63 bits per heavy atom. The molecule has 3 heterocycles. The van der Waals surface area contributed by atoms with Gasteiger partial charge in [0, 0.05) is 30.6 Å². The Morgan fingerprint density at radius 1 is 1.17 bits per heavy atom. The van der Waals surface area contributed by atoms with Gasteiger partial charge in [-0.05, 0) is 61.5 Å². The van der Waals surface area contributed by atoms with Gasteiger partial charge in [-0.2, -0.15) is 4.31 Å². The third-order valence-electron chi connectivity index (χ3n) is 5.39. The number of aryl methyl sites for hydroxylation is 1. The number of aromatic nitrogens is 1. The van der Waals surface area contributed by atoms with Crippen LogP contribution in [0.25, 0.3) is 10.9 Å². The molecule has 1 fully saturated rings. The van der Waals surface area contributed by atoms with E-state index in [4.69, 9.17) is 4.42 Å². The van der Waals surface area contributed by atoms with Crippen molar-refractivity contribution in [2.24, 2.45) is 5.92 Å². The highest BCUT2D eigenvalue weighted by Gasteiger charge is 2.32. The lowest BCUT2D eigenvalue weighted by atomic mass is 9.97. The predicted octanol–water partition coefficient (Wildman–Crippen LogP) is 2.15.